The van der Waals surface area contributed by atoms with Crippen LogP contribution in [0.4, 0.5) is 0 Å². The third kappa shape index (κ3) is 3.17. The summed E-state index contributed by atoms with van der Waals surface area (Å²) in [6, 6.07) is 8.33. The molecular formula is C11H5Cl4NO. The summed E-state index contributed by atoms with van der Waals surface area (Å²) >= 11 is 23.3. The molecule has 6 heteroatoms. The average molecular weight is 309 g/mol. The Labute approximate surface area is 118 Å². The van der Waals surface area contributed by atoms with Crippen LogP contribution in [0.5, 0.6) is 11.6 Å². The van der Waals surface area contributed by atoms with Gasteiger partial charge in [0.15, 0.2) is 5.15 Å². The number of benzene rings is 1. The second kappa shape index (κ2) is 5.32. The highest BCUT2D eigenvalue weighted by Gasteiger charge is 2.10. The first kappa shape index (κ1) is 12.8. The van der Waals surface area contributed by atoms with E-state index >= 15 is 0 Å². The largest absolute Gasteiger partial charge is 0.437 e. The number of hydrogen-bond acceptors (Lipinski definition) is 2. The van der Waals surface area contributed by atoms with Gasteiger partial charge in [-0.05, 0) is 24.3 Å². The van der Waals surface area contributed by atoms with Crippen molar-refractivity contribution in [1.82, 2.24) is 4.98 Å². The maximum atomic E-state index is 5.93. The Morgan fingerprint density at radius 2 is 1.71 bits per heavy atom. The van der Waals surface area contributed by atoms with E-state index in [4.69, 9.17) is 51.1 Å². The minimum atomic E-state index is 0.132. The molecule has 0 spiro atoms. The van der Waals surface area contributed by atoms with Gasteiger partial charge in [-0.15, -0.1) is 0 Å². The molecular weight excluding hydrogens is 304 g/mol. The first-order valence-electron chi connectivity index (χ1n) is 4.51. The Morgan fingerprint density at radius 1 is 0.941 bits per heavy atom. The molecule has 1 heterocycles. The van der Waals surface area contributed by atoms with E-state index in [-0.39, 0.29) is 21.1 Å². The molecule has 0 bridgehead atoms. The van der Waals surface area contributed by atoms with E-state index in [0.717, 1.165) is 0 Å². The number of nitrogens with zero attached hydrogens (tertiary/aromatic N) is 1. The summed E-state index contributed by atoms with van der Waals surface area (Å²) in [4.78, 5) is 3.93. The van der Waals surface area contributed by atoms with Crippen LogP contribution in [0.15, 0.2) is 30.3 Å². The summed E-state index contributed by atoms with van der Waals surface area (Å²) < 4.78 is 5.46. The molecule has 17 heavy (non-hydrogen) atoms. The lowest BCUT2D eigenvalue weighted by atomic mass is 10.3. The van der Waals surface area contributed by atoms with Crippen molar-refractivity contribution in [1.29, 1.82) is 0 Å². The highest BCUT2D eigenvalue weighted by atomic mass is 35.5. The van der Waals surface area contributed by atoms with Gasteiger partial charge >= 0.3 is 0 Å². The van der Waals surface area contributed by atoms with E-state index in [1.807, 2.05) is 0 Å². The maximum absolute atomic E-state index is 5.93. The number of rotatable bonds is 2. The first-order chi connectivity index (χ1) is 8.06. The van der Waals surface area contributed by atoms with Crippen molar-refractivity contribution in [2.45, 2.75) is 0 Å². The van der Waals surface area contributed by atoms with Gasteiger partial charge in [0.2, 0.25) is 5.88 Å². The van der Waals surface area contributed by atoms with Crippen LogP contribution in [-0.2, 0) is 0 Å². The lowest BCUT2D eigenvalue weighted by Crippen LogP contribution is -1.90. The van der Waals surface area contributed by atoms with Crippen LogP contribution < -0.4 is 4.74 Å². The summed E-state index contributed by atoms with van der Waals surface area (Å²) in [7, 11) is 0. The Bertz CT molecular complexity index is 559. The SMILES string of the molecule is Clc1cccc(Oc2nc(Cl)c(Cl)cc2Cl)c1. The monoisotopic (exact) mass is 307 g/mol. The third-order valence-corrected chi connectivity index (χ3v) is 3.04. The van der Waals surface area contributed by atoms with Crippen molar-refractivity contribution >= 4 is 46.4 Å². The van der Waals surface area contributed by atoms with Gasteiger partial charge in [0.1, 0.15) is 10.8 Å². The maximum Gasteiger partial charge on any atom is 0.239 e. The van der Waals surface area contributed by atoms with Crippen LogP contribution in [0.25, 0.3) is 0 Å². The number of hydrogen-bond donors (Lipinski definition) is 0. The minimum Gasteiger partial charge on any atom is -0.437 e. The molecule has 0 atom stereocenters. The molecule has 2 aromatic rings. The fourth-order valence-electron chi connectivity index (χ4n) is 1.14. The van der Waals surface area contributed by atoms with Crippen molar-refractivity contribution in [3.8, 4) is 11.6 Å². The lowest BCUT2D eigenvalue weighted by Gasteiger charge is -2.07. The molecule has 0 aliphatic rings. The normalized spacial score (nSPS) is 10.4. The van der Waals surface area contributed by atoms with Gasteiger partial charge in [0, 0.05) is 5.02 Å². The van der Waals surface area contributed by atoms with Crippen LogP contribution in [0.2, 0.25) is 20.2 Å². The molecule has 2 nitrogen and oxygen atoms in total. The van der Waals surface area contributed by atoms with Gasteiger partial charge in [-0.3, -0.25) is 0 Å². The molecule has 0 fully saturated rings. The minimum absolute atomic E-state index is 0.132. The Balaban J connectivity index is 2.33. The molecule has 1 aromatic heterocycles. The molecule has 0 unspecified atom stereocenters. The fraction of sp³-hybridized carbons (Fsp3) is 0. The molecule has 0 radical (unpaired) electrons. The molecule has 0 aliphatic heterocycles. The molecule has 0 amide bonds. The van der Waals surface area contributed by atoms with Gasteiger partial charge in [-0.2, -0.15) is 4.98 Å². The smallest absolute Gasteiger partial charge is 0.239 e. The van der Waals surface area contributed by atoms with Crippen LogP contribution in [0.3, 0.4) is 0 Å². The van der Waals surface area contributed by atoms with E-state index in [1.54, 1.807) is 24.3 Å². The summed E-state index contributed by atoms with van der Waals surface area (Å²) in [6.45, 7) is 0. The molecule has 2 rings (SSSR count). The van der Waals surface area contributed by atoms with Crippen LogP contribution in [0.1, 0.15) is 0 Å². The number of pyridine rings is 1. The van der Waals surface area contributed by atoms with E-state index in [2.05, 4.69) is 4.98 Å². The molecule has 0 saturated heterocycles. The Morgan fingerprint density at radius 3 is 2.41 bits per heavy atom. The zero-order valence-electron chi connectivity index (χ0n) is 8.25. The summed E-state index contributed by atoms with van der Waals surface area (Å²) in [6.07, 6.45) is 0. The second-order valence-corrected chi connectivity index (χ2v) is 4.72. The average Bonchev–Trinajstić information content (AvgIpc) is 2.26. The van der Waals surface area contributed by atoms with Crippen LogP contribution in [-0.4, -0.2) is 4.98 Å². The second-order valence-electron chi connectivity index (χ2n) is 3.11. The van der Waals surface area contributed by atoms with Crippen molar-refractivity contribution in [3.63, 3.8) is 0 Å². The highest BCUT2D eigenvalue weighted by Crippen LogP contribution is 2.33. The Kier molecular flexibility index (Phi) is 4.00. The molecule has 0 N–H and O–H groups in total. The Hall–Kier alpha value is -0.670. The molecule has 0 saturated carbocycles. The van der Waals surface area contributed by atoms with Crippen molar-refractivity contribution in [3.05, 3.63) is 50.6 Å². The zero-order valence-corrected chi connectivity index (χ0v) is 11.3. The van der Waals surface area contributed by atoms with Crippen molar-refractivity contribution in [2.75, 3.05) is 0 Å². The van der Waals surface area contributed by atoms with Gasteiger partial charge < -0.3 is 4.74 Å². The summed E-state index contributed by atoms with van der Waals surface area (Å²) in [5.41, 5.74) is 0. The highest BCUT2D eigenvalue weighted by molar-refractivity contribution is 6.42. The lowest BCUT2D eigenvalue weighted by molar-refractivity contribution is 0.463. The summed E-state index contributed by atoms with van der Waals surface area (Å²) in [5, 5.41) is 1.24. The molecule has 1 aromatic carbocycles. The van der Waals surface area contributed by atoms with E-state index in [1.165, 1.54) is 6.07 Å². The predicted molar refractivity (Wildman–Crippen MR) is 70.8 cm³/mol. The number of aromatic nitrogens is 1. The standard InChI is InChI=1S/C11H5Cl4NO/c12-6-2-1-3-7(4-6)17-11-9(14)5-8(13)10(15)16-11/h1-5H. The van der Waals surface area contributed by atoms with Gasteiger partial charge in [0.25, 0.3) is 0 Å². The van der Waals surface area contributed by atoms with E-state index in [9.17, 15) is 0 Å². The first-order valence-corrected chi connectivity index (χ1v) is 6.02. The zero-order chi connectivity index (χ0) is 12.4. The number of halogens is 4. The fourth-order valence-corrected chi connectivity index (χ4v) is 1.85. The molecule has 88 valence electrons. The molecule has 0 aliphatic carbocycles. The summed E-state index contributed by atoms with van der Waals surface area (Å²) in [5.74, 6) is 0.702. The predicted octanol–water partition coefficient (Wildman–Crippen LogP) is 5.49. The van der Waals surface area contributed by atoms with E-state index in [0.29, 0.717) is 10.8 Å². The van der Waals surface area contributed by atoms with Crippen LogP contribution >= 0.6 is 46.4 Å². The van der Waals surface area contributed by atoms with Gasteiger partial charge in [-0.25, -0.2) is 0 Å². The number of ether oxygens (including phenoxy) is 1. The quantitative estimate of drug-likeness (QED) is 0.685. The van der Waals surface area contributed by atoms with Crippen molar-refractivity contribution < 1.29 is 4.74 Å². The van der Waals surface area contributed by atoms with Gasteiger partial charge in [0.05, 0.1) is 5.02 Å². The topological polar surface area (TPSA) is 22.1 Å². The van der Waals surface area contributed by atoms with Crippen LogP contribution in [0, 0.1) is 0 Å². The van der Waals surface area contributed by atoms with Crippen molar-refractivity contribution in [2.24, 2.45) is 0 Å². The third-order valence-electron chi connectivity index (χ3n) is 1.87. The van der Waals surface area contributed by atoms with Gasteiger partial charge in [-0.1, -0.05) is 52.5 Å². The van der Waals surface area contributed by atoms with E-state index < -0.39 is 0 Å².